The van der Waals surface area contributed by atoms with E-state index in [9.17, 15) is 19.3 Å². The summed E-state index contributed by atoms with van der Waals surface area (Å²) in [5.74, 6) is -0.787. The number of likely N-dealkylation sites (tertiary alicyclic amines) is 1. The molecule has 0 atom stereocenters. The number of nitrogens with zero attached hydrogens (tertiary/aromatic N) is 2. The van der Waals surface area contributed by atoms with Crippen LogP contribution in [0.4, 0.5) is 15.8 Å². The van der Waals surface area contributed by atoms with Crippen LogP contribution < -0.4 is 5.32 Å². The van der Waals surface area contributed by atoms with Crippen LogP contribution in [0.5, 0.6) is 0 Å². The first-order valence-electron chi connectivity index (χ1n) is 8.09. The van der Waals surface area contributed by atoms with E-state index in [0.29, 0.717) is 13.1 Å². The molecule has 1 aliphatic rings. The lowest BCUT2D eigenvalue weighted by Gasteiger charge is -2.33. The Labute approximate surface area is 144 Å². The lowest BCUT2D eigenvalue weighted by molar-refractivity contribution is -0.384. The number of hydrogen-bond donors (Lipinski definition) is 1. The number of hydrogen-bond acceptors (Lipinski definition) is 4. The predicted molar refractivity (Wildman–Crippen MR) is 92.0 cm³/mol. The molecule has 1 N–H and O–H groups in total. The fraction of sp³-hybridized carbons (Fsp3) is 0.278. The quantitative estimate of drug-likeness (QED) is 0.681. The van der Waals surface area contributed by atoms with Gasteiger partial charge >= 0.3 is 0 Å². The highest BCUT2D eigenvalue weighted by atomic mass is 19.1. The fourth-order valence-electron chi connectivity index (χ4n) is 2.95. The van der Waals surface area contributed by atoms with Crippen LogP contribution in [0.25, 0.3) is 0 Å². The maximum absolute atomic E-state index is 13.7. The van der Waals surface area contributed by atoms with Crippen molar-refractivity contribution in [3.63, 3.8) is 0 Å². The van der Waals surface area contributed by atoms with Crippen LogP contribution >= 0.6 is 0 Å². The lowest BCUT2D eigenvalue weighted by Crippen LogP contribution is -2.42. The Morgan fingerprint density at radius 2 is 1.76 bits per heavy atom. The molecule has 1 amide bonds. The number of anilines is 1. The molecule has 0 radical (unpaired) electrons. The number of amides is 1. The summed E-state index contributed by atoms with van der Waals surface area (Å²) in [5, 5.41) is 14.0. The van der Waals surface area contributed by atoms with Gasteiger partial charge in [-0.1, -0.05) is 12.1 Å². The van der Waals surface area contributed by atoms with Crippen LogP contribution in [0.3, 0.4) is 0 Å². The number of benzene rings is 2. The first-order valence-corrected chi connectivity index (χ1v) is 8.09. The maximum Gasteiger partial charge on any atom is 0.269 e. The number of nitrogens with one attached hydrogen (secondary N) is 1. The SMILES string of the molecule is O=C(c1ccccc1F)N1CCC(Nc2ccc([N+](=O)[O-])cc2)CC1. The van der Waals surface area contributed by atoms with Gasteiger partial charge in [-0.25, -0.2) is 4.39 Å². The summed E-state index contributed by atoms with van der Waals surface area (Å²) in [6.45, 7) is 1.08. The third-order valence-electron chi connectivity index (χ3n) is 4.34. The number of nitro benzene ring substituents is 1. The first-order chi connectivity index (χ1) is 12.0. The Morgan fingerprint density at radius 1 is 1.12 bits per heavy atom. The minimum Gasteiger partial charge on any atom is -0.382 e. The van der Waals surface area contributed by atoms with Crippen LogP contribution in [0.1, 0.15) is 23.2 Å². The number of nitro groups is 1. The van der Waals surface area contributed by atoms with Gasteiger partial charge in [0.1, 0.15) is 5.82 Å². The van der Waals surface area contributed by atoms with Crippen molar-refractivity contribution in [2.24, 2.45) is 0 Å². The van der Waals surface area contributed by atoms with Crippen LogP contribution in [-0.4, -0.2) is 34.9 Å². The second-order valence-corrected chi connectivity index (χ2v) is 5.99. The zero-order valence-electron chi connectivity index (χ0n) is 13.5. The molecule has 2 aromatic rings. The molecule has 1 saturated heterocycles. The summed E-state index contributed by atoms with van der Waals surface area (Å²) in [5.41, 5.74) is 0.963. The molecule has 2 aromatic carbocycles. The smallest absolute Gasteiger partial charge is 0.269 e. The molecule has 25 heavy (non-hydrogen) atoms. The summed E-state index contributed by atoms with van der Waals surface area (Å²) in [4.78, 5) is 24.3. The summed E-state index contributed by atoms with van der Waals surface area (Å²) >= 11 is 0. The van der Waals surface area contributed by atoms with Crippen molar-refractivity contribution >= 4 is 17.3 Å². The van der Waals surface area contributed by atoms with Crippen LogP contribution in [-0.2, 0) is 0 Å². The van der Waals surface area contributed by atoms with Crippen molar-refractivity contribution in [2.45, 2.75) is 18.9 Å². The molecule has 1 aliphatic heterocycles. The number of carbonyl (C=O) groups is 1. The Balaban J connectivity index is 1.56. The molecular weight excluding hydrogens is 325 g/mol. The Hall–Kier alpha value is -2.96. The highest BCUT2D eigenvalue weighted by Gasteiger charge is 2.25. The lowest BCUT2D eigenvalue weighted by atomic mass is 10.0. The van der Waals surface area contributed by atoms with E-state index >= 15 is 0 Å². The first kappa shape index (κ1) is 16.9. The van der Waals surface area contributed by atoms with Gasteiger partial charge in [-0.15, -0.1) is 0 Å². The van der Waals surface area contributed by atoms with Gasteiger partial charge in [0.05, 0.1) is 10.5 Å². The molecular formula is C18H18FN3O3. The van der Waals surface area contributed by atoms with E-state index in [1.807, 2.05) is 0 Å². The van der Waals surface area contributed by atoms with Crippen molar-refractivity contribution in [3.05, 3.63) is 70.0 Å². The molecule has 0 unspecified atom stereocenters. The molecule has 3 rings (SSSR count). The van der Waals surface area contributed by atoms with Crippen molar-refractivity contribution in [1.29, 1.82) is 0 Å². The molecule has 0 aliphatic carbocycles. The minimum absolute atomic E-state index is 0.0517. The fourth-order valence-corrected chi connectivity index (χ4v) is 2.95. The standard InChI is InChI=1S/C18H18FN3O3/c19-17-4-2-1-3-16(17)18(23)21-11-9-14(10-12-21)20-13-5-7-15(8-6-13)22(24)25/h1-8,14,20H,9-12H2. The summed E-state index contributed by atoms with van der Waals surface area (Å²) in [6.07, 6.45) is 1.47. The highest BCUT2D eigenvalue weighted by molar-refractivity contribution is 5.94. The van der Waals surface area contributed by atoms with Gasteiger partial charge in [-0.2, -0.15) is 0 Å². The van der Waals surface area contributed by atoms with E-state index in [0.717, 1.165) is 18.5 Å². The Bertz CT molecular complexity index is 771. The number of non-ortho nitro benzene ring substituents is 1. The summed E-state index contributed by atoms with van der Waals surface area (Å²) in [6, 6.07) is 12.4. The molecule has 0 aromatic heterocycles. The molecule has 0 saturated carbocycles. The molecule has 7 heteroatoms. The van der Waals surface area contributed by atoms with E-state index in [1.165, 1.54) is 24.3 Å². The highest BCUT2D eigenvalue weighted by Crippen LogP contribution is 2.21. The third kappa shape index (κ3) is 3.93. The summed E-state index contributed by atoms with van der Waals surface area (Å²) in [7, 11) is 0. The number of carbonyl (C=O) groups excluding carboxylic acids is 1. The average Bonchev–Trinajstić information content (AvgIpc) is 2.63. The second-order valence-electron chi connectivity index (χ2n) is 5.99. The number of halogens is 1. The van der Waals surface area contributed by atoms with Crippen molar-refractivity contribution in [1.82, 2.24) is 4.90 Å². The van der Waals surface area contributed by atoms with Gasteiger partial charge in [0, 0.05) is 37.0 Å². The number of piperidine rings is 1. The second kappa shape index (κ2) is 7.29. The average molecular weight is 343 g/mol. The van der Waals surface area contributed by atoms with Crippen molar-refractivity contribution in [2.75, 3.05) is 18.4 Å². The van der Waals surface area contributed by atoms with Gasteiger partial charge in [-0.05, 0) is 37.1 Å². The molecule has 1 fully saturated rings. The molecule has 0 bridgehead atoms. The van der Waals surface area contributed by atoms with Crippen LogP contribution in [0.2, 0.25) is 0 Å². The maximum atomic E-state index is 13.7. The number of rotatable bonds is 4. The molecule has 130 valence electrons. The van der Waals surface area contributed by atoms with E-state index in [-0.39, 0.29) is 23.2 Å². The van der Waals surface area contributed by atoms with Gasteiger partial charge in [-0.3, -0.25) is 14.9 Å². The van der Waals surface area contributed by atoms with Crippen LogP contribution in [0, 0.1) is 15.9 Å². The Morgan fingerprint density at radius 3 is 2.36 bits per heavy atom. The van der Waals surface area contributed by atoms with Crippen molar-refractivity contribution < 1.29 is 14.1 Å². The predicted octanol–water partition coefficient (Wildman–Crippen LogP) is 3.45. The zero-order chi connectivity index (χ0) is 17.8. The largest absolute Gasteiger partial charge is 0.382 e. The third-order valence-corrected chi connectivity index (χ3v) is 4.34. The van der Waals surface area contributed by atoms with E-state index in [1.54, 1.807) is 29.2 Å². The van der Waals surface area contributed by atoms with Crippen molar-refractivity contribution in [3.8, 4) is 0 Å². The molecule has 1 heterocycles. The van der Waals surface area contributed by atoms with E-state index < -0.39 is 10.7 Å². The monoisotopic (exact) mass is 343 g/mol. The van der Waals surface area contributed by atoms with Gasteiger partial charge in [0.25, 0.3) is 11.6 Å². The minimum atomic E-state index is -0.501. The van der Waals surface area contributed by atoms with Gasteiger partial charge in [0.2, 0.25) is 0 Å². The van der Waals surface area contributed by atoms with Crippen LogP contribution in [0.15, 0.2) is 48.5 Å². The van der Waals surface area contributed by atoms with Gasteiger partial charge < -0.3 is 10.2 Å². The van der Waals surface area contributed by atoms with E-state index in [2.05, 4.69) is 5.32 Å². The van der Waals surface area contributed by atoms with E-state index in [4.69, 9.17) is 0 Å². The normalized spacial score (nSPS) is 15.0. The Kier molecular flexibility index (Phi) is 4.92. The summed E-state index contributed by atoms with van der Waals surface area (Å²) < 4.78 is 13.7. The zero-order valence-corrected chi connectivity index (χ0v) is 13.5. The van der Waals surface area contributed by atoms with Gasteiger partial charge in [0.15, 0.2) is 0 Å². The molecule has 0 spiro atoms. The topological polar surface area (TPSA) is 75.5 Å². The molecule has 6 nitrogen and oxygen atoms in total.